The molecule has 0 amide bonds. The van der Waals surface area contributed by atoms with Gasteiger partial charge in [-0.1, -0.05) is 0 Å². The first-order chi connectivity index (χ1) is 2.56. The standard InChI is InChI=1S/H3O5P.Zn/c1-5-6(2,3)4;/h1H,(H2,2,3,4);. The summed E-state index contributed by atoms with van der Waals surface area (Å²) in [5.41, 5.74) is 0. The smallest absolute Gasteiger partial charge is 0.301 e. The zero-order valence-corrected chi connectivity index (χ0v) is 7.17. The van der Waals surface area contributed by atoms with Crippen LogP contribution in [0.4, 0.5) is 0 Å². The van der Waals surface area contributed by atoms with Gasteiger partial charge in [0.25, 0.3) is 0 Å². The summed E-state index contributed by atoms with van der Waals surface area (Å²) in [5, 5.41) is 7.14. The number of rotatable bonds is 1. The Morgan fingerprint density at radius 3 is 1.57 bits per heavy atom. The molecule has 5 nitrogen and oxygen atoms in total. The first-order valence-electron chi connectivity index (χ1n) is 0.948. The average molecular weight is 179 g/mol. The second-order valence-corrected chi connectivity index (χ2v) is 1.72. The molecular weight excluding hydrogens is 176 g/mol. The van der Waals surface area contributed by atoms with Crippen LogP contribution in [0.1, 0.15) is 0 Å². The maximum Gasteiger partial charge on any atom is 0.496 e. The Kier molecular flexibility index (Phi) is 5.57. The van der Waals surface area contributed by atoms with Gasteiger partial charge < -0.3 is 9.79 Å². The van der Waals surface area contributed by atoms with Crippen molar-refractivity contribution in [1.29, 1.82) is 0 Å². The Morgan fingerprint density at radius 2 is 1.57 bits per heavy atom. The monoisotopic (exact) mass is 178 g/mol. The molecular formula is H3O5PZn. The normalized spacial score (nSPS) is 10.1. The first-order valence-corrected chi connectivity index (χ1v) is 2.48. The molecule has 0 spiro atoms. The molecule has 3 N–H and O–H groups in total. The van der Waals surface area contributed by atoms with Crippen LogP contribution in [0.5, 0.6) is 0 Å². The number of phosphoric acid groups is 1. The van der Waals surface area contributed by atoms with E-state index in [1.807, 2.05) is 0 Å². The van der Waals surface area contributed by atoms with E-state index >= 15 is 0 Å². The van der Waals surface area contributed by atoms with Crippen LogP contribution in [0.25, 0.3) is 0 Å². The van der Waals surface area contributed by atoms with Crippen molar-refractivity contribution in [3.05, 3.63) is 0 Å². The van der Waals surface area contributed by atoms with E-state index in [-0.39, 0.29) is 19.5 Å². The molecule has 0 radical (unpaired) electrons. The van der Waals surface area contributed by atoms with E-state index in [1.165, 1.54) is 0 Å². The Bertz CT molecular complexity index is 72.1. The minimum Gasteiger partial charge on any atom is -0.301 e. The molecule has 0 saturated heterocycles. The van der Waals surface area contributed by atoms with Crippen molar-refractivity contribution in [2.45, 2.75) is 0 Å². The van der Waals surface area contributed by atoms with Gasteiger partial charge in [-0.05, 0) is 0 Å². The van der Waals surface area contributed by atoms with Crippen LogP contribution in [0, 0.1) is 0 Å². The Balaban J connectivity index is 0. The predicted octanol–water partition coefficient (Wildman–Crippen LogP) is -0.434. The third-order valence-corrected chi connectivity index (χ3v) is 0.319. The van der Waals surface area contributed by atoms with Crippen LogP contribution in [0.2, 0.25) is 0 Å². The van der Waals surface area contributed by atoms with Crippen LogP contribution >= 0.6 is 7.82 Å². The fourth-order valence-electron chi connectivity index (χ4n) is 0. The van der Waals surface area contributed by atoms with Gasteiger partial charge in [0.1, 0.15) is 0 Å². The van der Waals surface area contributed by atoms with Crippen LogP contribution < -0.4 is 0 Å². The molecule has 7 heteroatoms. The Hall–Kier alpha value is 0.693. The molecule has 0 rings (SSSR count). The Morgan fingerprint density at radius 1 is 1.43 bits per heavy atom. The van der Waals surface area contributed by atoms with E-state index in [0.29, 0.717) is 0 Å². The maximum absolute atomic E-state index is 9.22. The van der Waals surface area contributed by atoms with E-state index < -0.39 is 7.82 Å². The minimum absolute atomic E-state index is 0. The van der Waals surface area contributed by atoms with Gasteiger partial charge in [-0.3, -0.25) is 0 Å². The summed E-state index contributed by atoms with van der Waals surface area (Å²) >= 11 is 0. The van der Waals surface area contributed by atoms with Crippen molar-refractivity contribution in [3.63, 3.8) is 0 Å². The van der Waals surface area contributed by atoms with Gasteiger partial charge in [0.05, 0.1) is 0 Å². The average Bonchev–Trinajstić information content (AvgIpc) is 1.35. The van der Waals surface area contributed by atoms with Crippen molar-refractivity contribution in [2.75, 3.05) is 0 Å². The molecule has 7 heavy (non-hydrogen) atoms. The molecule has 40 valence electrons. The van der Waals surface area contributed by atoms with Gasteiger partial charge in [-0.15, -0.1) is 4.67 Å². The molecule has 0 heterocycles. The van der Waals surface area contributed by atoms with Gasteiger partial charge in [0.2, 0.25) is 0 Å². The fraction of sp³-hybridized carbons (Fsp3) is 0. The fourth-order valence-corrected chi connectivity index (χ4v) is 0. The first kappa shape index (κ1) is 10.6. The van der Waals surface area contributed by atoms with Crippen molar-refractivity contribution < 1.29 is 43.8 Å². The summed E-state index contributed by atoms with van der Waals surface area (Å²) in [6.07, 6.45) is 0. The Labute approximate surface area is 52.2 Å². The molecule has 0 aliphatic carbocycles. The number of hydrogen-bond acceptors (Lipinski definition) is 3. The summed E-state index contributed by atoms with van der Waals surface area (Å²) in [6, 6.07) is 0. The summed E-state index contributed by atoms with van der Waals surface area (Å²) < 4.78 is 11.8. The molecule has 0 bridgehead atoms. The molecule has 0 aliphatic heterocycles. The van der Waals surface area contributed by atoms with Crippen molar-refractivity contribution >= 4 is 7.82 Å². The molecule has 0 aromatic heterocycles. The molecule has 0 fully saturated rings. The second kappa shape index (κ2) is 3.67. The van der Waals surface area contributed by atoms with Gasteiger partial charge in [0.15, 0.2) is 0 Å². The summed E-state index contributed by atoms with van der Waals surface area (Å²) in [5.74, 6) is 0. The molecule has 0 aromatic carbocycles. The SMILES string of the molecule is O=P(O)(O)OO.[Zn]. The van der Waals surface area contributed by atoms with Crippen LogP contribution in [0.15, 0.2) is 0 Å². The van der Waals surface area contributed by atoms with E-state index in [4.69, 9.17) is 15.0 Å². The quantitative estimate of drug-likeness (QED) is 0.220. The topological polar surface area (TPSA) is 87.0 Å². The van der Waals surface area contributed by atoms with Gasteiger partial charge in [0, 0.05) is 19.5 Å². The van der Waals surface area contributed by atoms with Crippen molar-refractivity contribution in [2.24, 2.45) is 0 Å². The maximum atomic E-state index is 9.22. The molecule has 0 atom stereocenters. The summed E-state index contributed by atoms with van der Waals surface area (Å²) in [6.45, 7) is 0. The van der Waals surface area contributed by atoms with E-state index in [0.717, 1.165) is 0 Å². The zero-order valence-electron chi connectivity index (χ0n) is 3.31. The summed E-state index contributed by atoms with van der Waals surface area (Å²) in [4.78, 5) is 14.9. The minimum atomic E-state index is -4.59. The molecule has 0 aliphatic rings. The molecule has 0 unspecified atom stereocenters. The van der Waals surface area contributed by atoms with Crippen LogP contribution in [-0.2, 0) is 28.7 Å². The third-order valence-electron chi connectivity index (χ3n) is 0.106. The summed E-state index contributed by atoms with van der Waals surface area (Å²) in [7, 11) is -4.59. The van der Waals surface area contributed by atoms with Crippen LogP contribution in [0.3, 0.4) is 0 Å². The largest absolute Gasteiger partial charge is 0.496 e. The van der Waals surface area contributed by atoms with E-state index in [9.17, 15) is 4.57 Å². The second-order valence-electron chi connectivity index (χ2n) is 0.572. The van der Waals surface area contributed by atoms with Crippen LogP contribution in [-0.4, -0.2) is 15.0 Å². The molecule has 0 saturated carbocycles. The van der Waals surface area contributed by atoms with Gasteiger partial charge in [-0.2, -0.15) is 0 Å². The molecule has 0 aromatic rings. The van der Waals surface area contributed by atoms with Gasteiger partial charge >= 0.3 is 7.82 Å². The number of hydrogen-bond donors (Lipinski definition) is 3. The van der Waals surface area contributed by atoms with Gasteiger partial charge in [-0.25, -0.2) is 9.82 Å². The van der Waals surface area contributed by atoms with E-state index in [1.54, 1.807) is 0 Å². The third kappa shape index (κ3) is 10.8. The van der Waals surface area contributed by atoms with Crippen molar-refractivity contribution in [3.8, 4) is 0 Å². The predicted molar refractivity (Wildman–Crippen MR) is 15.8 cm³/mol. The van der Waals surface area contributed by atoms with Crippen molar-refractivity contribution in [1.82, 2.24) is 0 Å². The zero-order chi connectivity index (χ0) is 5.21. The van der Waals surface area contributed by atoms with E-state index in [2.05, 4.69) is 4.67 Å².